The van der Waals surface area contributed by atoms with Crippen LogP contribution in [0.4, 0.5) is 5.95 Å². The Morgan fingerprint density at radius 3 is 2.68 bits per heavy atom. The van der Waals surface area contributed by atoms with Crippen LogP contribution in [0.25, 0.3) is 11.0 Å². The highest BCUT2D eigenvalue weighted by atomic mass is 16.3. The van der Waals surface area contributed by atoms with Crippen LogP contribution in [0.2, 0.25) is 0 Å². The number of β-amino-alcohol motifs (C(OH)–C–C–N with tert-alkyl or cyclic N) is 1. The predicted octanol–water partition coefficient (Wildman–Crippen LogP) is 1.07. The number of piperazine rings is 1. The molecule has 102 valence electrons. The van der Waals surface area contributed by atoms with Gasteiger partial charge in [0.2, 0.25) is 5.95 Å². The molecule has 0 spiro atoms. The van der Waals surface area contributed by atoms with Gasteiger partial charge in [-0.1, -0.05) is 12.1 Å². The Morgan fingerprint density at radius 1 is 1.26 bits per heavy atom. The molecule has 5 nitrogen and oxygen atoms in total. The molecule has 0 saturated carbocycles. The van der Waals surface area contributed by atoms with Crippen molar-refractivity contribution in [2.24, 2.45) is 0 Å². The molecule has 5 heteroatoms. The van der Waals surface area contributed by atoms with E-state index in [4.69, 9.17) is 0 Å². The van der Waals surface area contributed by atoms with E-state index in [0.717, 1.165) is 49.7 Å². The number of nitrogens with one attached hydrogen (secondary N) is 1. The Labute approximate surface area is 112 Å². The molecule has 1 saturated heterocycles. The number of aromatic nitrogens is 2. The second-order valence-electron chi connectivity index (χ2n) is 5.21. The Hall–Kier alpha value is -1.59. The molecule has 1 aromatic heterocycles. The Morgan fingerprint density at radius 2 is 2.00 bits per heavy atom. The standard InChI is InChI=1S/C14H20N4O/c1-11(19)10-17-6-8-18(9-7-17)14-15-12-4-2-3-5-13(12)16-14/h2-5,11,19H,6-10H2,1H3,(H,15,16)/t11-/m1/s1. The van der Waals surface area contributed by atoms with Gasteiger partial charge in [-0.15, -0.1) is 0 Å². The van der Waals surface area contributed by atoms with Crippen molar-refractivity contribution in [1.29, 1.82) is 0 Å². The normalized spacial score (nSPS) is 18.9. The van der Waals surface area contributed by atoms with Crippen molar-refractivity contribution in [1.82, 2.24) is 14.9 Å². The molecular weight excluding hydrogens is 240 g/mol. The zero-order valence-corrected chi connectivity index (χ0v) is 11.2. The first-order valence-corrected chi connectivity index (χ1v) is 6.82. The highest BCUT2D eigenvalue weighted by Gasteiger charge is 2.20. The minimum Gasteiger partial charge on any atom is -0.392 e. The van der Waals surface area contributed by atoms with Crippen molar-refractivity contribution < 1.29 is 5.11 Å². The van der Waals surface area contributed by atoms with E-state index in [-0.39, 0.29) is 6.10 Å². The maximum atomic E-state index is 9.41. The molecule has 2 heterocycles. The summed E-state index contributed by atoms with van der Waals surface area (Å²) in [7, 11) is 0. The number of H-pyrrole nitrogens is 1. The average Bonchev–Trinajstić information content (AvgIpc) is 2.82. The van der Waals surface area contributed by atoms with Crippen LogP contribution in [-0.4, -0.2) is 58.8 Å². The van der Waals surface area contributed by atoms with Gasteiger partial charge in [-0.25, -0.2) is 4.98 Å². The van der Waals surface area contributed by atoms with E-state index < -0.39 is 0 Å². The van der Waals surface area contributed by atoms with E-state index in [1.165, 1.54) is 0 Å². The van der Waals surface area contributed by atoms with Crippen molar-refractivity contribution in [3.63, 3.8) is 0 Å². The molecule has 1 atom stereocenters. The number of hydrogen-bond donors (Lipinski definition) is 2. The number of imidazole rings is 1. The zero-order chi connectivity index (χ0) is 13.2. The lowest BCUT2D eigenvalue weighted by molar-refractivity contribution is 0.122. The summed E-state index contributed by atoms with van der Waals surface area (Å²) >= 11 is 0. The van der Waals surface area contributed by atoms with Gasteiger partial charge in [0.25, 0.3) is 0 Å². The van der Waals surface area contributed by atoms with Crippen molar-refractivity contribution in [3.05, 3.63) is 24.3 Å². The Balaban J connectivity index is 1.68. The molecule has 0 bridgehead atoms. The van der Waals surface area contributed by atoms with Gasteiger partial charge < -0.3 is 15.0 Å². The summed E-state index contributed by atoms with van der Waals surface area (Å²) in [6.45, 7) is 6.45. The predicted molar refractivity (Wildman–Crippen MR) is 76.4 cm³/mol. The summed E-state index contributed by atoms with van der Waals surface area (Å²) < 4.78 is 0. The van der Waals surface area contributed by atoms with Crippen LogP contribution in [0, 0.1) is 0 Å². The molecule has 1 aliphatic heterocycles. The number of aliphatic hydroxyl groups excluding tert-OH is 1. The topological polar surface area (TPSA) is 55.4 Å². The summed E-state index contributed by atoms with van der Waals surface area (Å²) in [5.41, 5.74) is 2.10. The SMILES string of the molecule is C[C@@H](O)CN1CCN(c2nc3ccccc3[nH]2)CC1. The van der Waals surface area contributed by atoms with Gasteiger partial charge in [0.1, 0.15) is 0 Å². The first kappa shape index (κ1) is 12.4. The Bertz CT molecular complexity index is 510. The Kier molecular flexibility index (Phi) is 3.40. The van der Waals surface area contributed by atoms with Gasteiger partial charge in [-0.3, -0.25) is 4.90 Å². The van der Waals surface area contributed by atoms with E-state index in [9.17, 15) is 5.11 Å². The summed E-state index contributed by atoms with van der Waals surface area (Å²) in [5.74, 6) is 0.956. The largest absolute Gasteiger partial charge is 0.392 e. The molecule has 1 fully saturated rings. The molecule has 0 amide bonds. The molecule has 1 aliphatic rings. The molecule has 3 rings (SSSR count). The molecule has 0 radical (unpaired) electrons. The average molecular weight is 260 g/mol. The third-order valence-corrected chi connectivity index (χ3v) is 3.57. The molecule has 2 N–H and O–H groups in total. The fourth-order valence-electron chi connectivity index (χ4n) is 2.61. The van der Waals surface area contributed by atoms with Gasteiger partial charge >= 0.3 is 0 Å². The fourth-order valence-corrected chi connectivity index (χ4v) is 2.61. The van der Waals surface area contributed by atoms with E-state index in [0.29, 0.717) is 0 Å². The molecule has 2 aromatic rings. The van der Waals surface area contributed by atoms with Crippen molar-refractivity contribution in [2.75, 3.05) is 37.6 Å². The van der Waals surface area contributed by atoms with Gasteiger partial charge in [-0.2, -0.15) is 0 Å². The van der Waals surface area contributed by atoms with Gasteiger partial charge in [-0.05, 0) is 19.1 Å². The van der Waals surface area contributed by atoms with Crippen LogP contribution < -0.4 is 4.90 Å². The number of rotatable bonds is 3. The number of fused-ring (bicyclic) bond motifs is 1. The van der Waals surface area contributed by atoms with Crippen molar-refractivity contribution >= 4 is 17.0 Å². The second-order valence-corrected chi connectivity index (χ2v) is 5.21. The first-order chi connectivity index (χ1) is 9.22. The monoisotopic (exact) mass is 260 g/mol. The van der Waals surface area contributed by atoms with Crippen LogP contribution >= 0.6 is 0 Å². The fraction of sp³-hybridized carbons (Fsp3) is 0.500. The van der Waals surface area contributed by atoms with E-state index in [1.54, 1.807) is 0 Å². The number of benzene rings is 1. The van der Waals surface area contributed by atoms with E-state index >= 15 is 0 Å². The van der Waals surface area contributed by atoms with Crippen molar-refractivity contribution in [2.45, 2.75) is 13.0 Å². The summed E-state index contributed by atoms with van der Waals surface area (Å²) in [6, 6.07) is 8.10. The zero-order valence-electron chi connectivity index (χ0n) is 11.2. The molecular formula is C14H20N4O. The van der Waals surface area contributed by atoms with Crippen LogP contribution in [0.15, 0.2) is 24.3 Å². The molecule has 0 unspecified atom stereocenters. The highest BCUT2D eigenvalue weighted by Crippen LogP contribution is 2.18. The number of anilines is 1. The maximum absolute atomic E-state index is 9.41. The number of hydrogen-bond acceptors (Lipinski definition) is 4. The smallest absolute Gasteiger partial charge is 0.203 e. The number of aliphatic hydroxyl groups is 1. The van der Waals surface area contributed by atoms with E-state index in [1.807, 2.05) is 25.1 Å². The van der Waals surface area contributed by atoms with Crippen LogP contribution in [0.5, 0.6) is 0 Å². The van der Waals surface area contributed by atoms with Crippen molar-refractivity contribution in [3.8, 4) is 0 Å². The van der Waals surface area contributed by atoms with Gasteiger partial charge in [0.05, 0.1) is 17.1 Å². The van der Waals surface area contributed by atoms with Crippen LogP contribution in [-0.2, 0) is 0 Å². The van der Waals surface area contributed by atoms with Gasteiger partial charge in [0.15, 0.2) is 0 Å². The lowest BCUT2D eigenvalue weighted by Gasteiger charge is -2.35. The lowest BCUT2D eigenvalue weighted by Crippen LogP contribution is -2.48. The second kappa shape index (κ2) is 5.19. The lowest BCUT2D eigenvalue weighted by atomic mass is 10.3. The summed E-state index contributed by atoms with van der Waals surface area (Å²) in [6.07, 6.45) is -0.252. The van der Waals surface area contributed by atoms with Crippen LogP contribution in [0.3, 0.4) is 0 Å². The number of para-hydroxylation sites is 2. The quantitative estimate of drug-likeness (QED) is 0.866. The third kappa shape index (κ3) is 2.72. The maximum Gasteiger partial charge on any atom is 0.203 e. The van der Waals surface area contributed by atoms with Gasteiger partial charge in [0, 0.05) is 32.7 Å². The summed E-state index contributed by atoms with van der Waals surface area (Å²) in [5, 5.41) is 9.41. The van der Waals surface area contributed by atoms with E-state index in [2.05, 4.69) is 25.8 Å². The minimum atomic E-state index is -0.252. The number of aromatic amines is 1. The molecule has 19 heavy (non-hydrogen) atoms. The molecule has 1 aromatic carbocycles. The highest BCUT2D eigenvalue weighted by molar-refractivity contribution is 5.77. The first-order valence-electron chi connectivity index (χ1n) is 6.82. The number of nitrogens with zero attached hydrogens (tertiary/aromatic N) is 3. The minimum absolute atomic E-state index is 0.252. The van der Waals surface area contributed by atoms with Crippen LogP contribution in [0.1, 0.15) is 6.92 Å². The third-order valence-electron chi connectivity index (χ3n) is 3.57. The molecule has 0 aliphatic carbocycles. The summed E-state index contributed by atoms with van der Waals surface area (Å²) in [4.78, 5) is 12.6.